The van der Waals surface area contributed by atoms with E-state index in [4.69, 9.17) is 14.2 Å². The van der Waals surface area contributed by atoms with Gasteiger partial charge in [-0.25, -0.2) is 9.59 Å². The zero-order valence-corrected chi connectivity index (χ0v) is 15.8. The molecule has 8 heteroatoms. The summed E-state index contributed by atoms with van der Waals surface area (Å²) in [5.74, 6) is -0.675. The fourth-order valence-electron chi connectivity index (χ4n) is 3.32. The van der Waals surface area contributed by atoms with Gasteiger partial charge >= 0.3 is 12.0 Å². The Morgan fingerprint density at radius 1 is 1.04 bits per heavy atom. The first-order valence-corrected chi connectivity index (χ1v) is 9.72. The first-order valence-electron chi connectivity index (χ1n) is 9.72. The Kier molecular flexibility index (Phi) is 7.25. The first-order chi connectivity index (χ1) is 13.6. The highest BCUT2D eigenvalue weighted by Crippen LogP contribution is 2.18. The topological polar surface area (TPSA) is 103 Å². The minimum atomic E-state index is -0.666. The van der Waals surface area contributed by atoms with Crippen LogP contribution in [0.2, 0.25) is 0 Å². The third-order valence-electron chi connectivity index (χ3n) is 4.83. The maximum absolute atomic E-state index is 12.0. The maximum Gasteiger partial charge on any atom is 0.338 e. The molecule has 1 aliphatic carbocycles. The lowest BCUT2D eigenvalue weighted by molar-refractivity contribution is -0.123. The van der Waals surface area contributed by atoms with Gasteiger partial charge in [-0.05, 0) is 49.9 Å². The number of urea groups is 1. The van der Waals surface area contributed by atoms with Crippen LogP contribution in [0.15, 0.2) is 24.3 Å². The molecule has 2 aliphatic rings. The molecule has 2 N–H and O–H groups in total. The van der Waals surface area contributed by atoms with E-state index in [9.17, 15) is 14.4 Å². The van der Waals surface area contributed by atoms with Gasteiger partial charge in [0.2, 0.25) is 0 Å². The highest BCUT2D eigenvalue weighted by Gasteiger charge is 2.19. The number of carbonyl (C=O) groups is 3. The second-order valence-corrected chi connectivity index (χ2v) is 7.05. The van der Waals surface area contributed by atoms with Gasteiger partial charge < -0.3 is 19.5 Å². The van der Waals surface area contributed by atoms with Crippen LogP contribution in [0.25, 0.3) is 0 Å². The standard InChI is InChI=1S/C20H26N2O6/c23-18(22-20(25)21-15-4-1-2-5-15)13-28-19(24)14-7-9-16(10-8-14)27-12-17-6-3-11-26-17/h7-10,15,17H,1-6,11-13H2,(H2,21,22,23,25)/t17-/m1/s1. The van der Waals surface area contributed by atoms with E-state index >= 15 is 0 Å². The summed E-state index contributed by atoms with van der Waals surface area (Å²) in [5.41, 5.74) is 0.299. The normalized spacial score (nSPS) is 19.2. The molecule has 1 aromatic rings. The molecule has 0 spiro atoms. The van der Waals surface area contributed by atoms with Gasteiger partial charge in [-0.15, -0.1) is 0 Å². The molecule has 152 valence electrons. The molecular weight excluding hydrogens is 364 g/mol. The van der Waals surface area contributed by atoms with E-state index in [1.807, 2.05) is 0 Å². The number of rotatable bonds is 7. The van der Waals surface area contributed by atoms with Crippen molar-refractivity contribution in [3.8, 4) is 5.75 Å². The second-order valence-electron chi connectivity index (χ2n) is 7.05. The fraction of sp³-hybridized carbons (Fsp3) is 0.550. The molecule has 1 saturated carbocycles. The molecule has 28 heavy (non-hydrogen) atoms. The Morgan fingerprint density at radius 3 is 2.46 bits per heavy atom. The van der Waals surface area contributed by atoms with Crippen LogP contribution < -0.4 is 15.4 Å². The molecule has 2 fully saturated rings. The number of imide groups is 1. The van der Waals surface area contributed by atoms with Crippen LogP contribution in [-0.2, 0) is 14.3 Å². The Labute approximate surface area is 163 Å². The molecule has 1 heterocycles. The Bertz CT molecular complexity index is 678. The predicted octanol–water partition coefficient (Wildman–Crippen LogP) is 2.17. The molecule has 0 unspecified atom stereocenters. The summed E-state index contributed by atoms with van der Waals surface area (Å²) < 4.78 is 16.1. The quantitative estimate of drug-likeness (QED) is 0.692. The molecule has 1 aliphatic heterocycles. The van der Waals surface area contributed by atoms with Gasteiger partial charge in [-0.1, -0.05) is 12.8 Å². The van der Waals surface area contributed by atoms with Gasteiger partial charge in [0.15, 0.2) is 6.61 Å². The molecular formula is C20H26N2O6. The lowest BCUT2D eigenvalue weighted by Crippen LogP contribution is -2.44. The van der Waals surface area contributed by atoms with Crippen molar-refractivity contribution in [2.24, 2.45) is 0 Å². The fourth-order valence-corrected chi connectivity index (χ4v) is 3.32. The van der Waals surface area contributed by atoms with Crippen molar-refractivity contribution in [2.75, 3.05) is 19.8 Å². The largest absolute Gasteiger partial charge is 0.491 e. The van der Waals surface area contributed by atoms with E-state index < -0.39 is 24.5 Å². The number of esters is 1. The lowest BCUT2D eigenvalue weighted by atomic mass is 10.2. The van der Waals surface area contributed by atoms with Crippen LogP contribution in [0, 0.1) is 0 Å². The summed E-state index contributed by atoms with van der Waals surface area (Å²) in [7, 11) is 0. The Balaban J connectivity index is 1.36. The summed E-state index contributed by atoms with van der Waals surface area (Å²) in [6.07, 6.45) is 6.16. The number of ether oxygens (including phenoxy) is 3. The summed E-state index contributed by atoms with van der Waals surface area (Å²) in [6, 6.07) is 6.02. The van der Waals surface area contributed by atoms with E-state index in [0.29, 0.717) is 17.9 Å². The minimum absolute atomic E-state index is 0.108. The zero-order chi connectivity index (χ0) is 19.8. The van der Waals surface area contributed by atoms with Crippen molar-refractivity contribution in [2.45, 2.75) is 50.7 Å². The van der Waals surface area contributed by atoms with Crippen molar-refractivity contribution in [3.05, 3.63) is 29.8 Å². The first kappa shape index (κ1) is 20.1. The monoisotopic (exact) mass is 390 g/mol. The van der Waals surface area contributed by atoms with Crippen LogP contribution in [-0.4, -0.2) is 49.9 Å². The highest BCUT2D eigenvalue weighted by atomic mass is 16.5. The van der Waals surface area contributed by atoms with Crippen LogP contribution in [0.1, 0.15) is 48.9 Å². The molecule has 1 saturated heterocycles. The van der Waals surface area contributed by atoms with Crippen molar-refractivity contribution in [1.29, 1.82) is 0 Å². The average molecular weight is 390 g/mol. The SMILES string of the molecule is O=C(COC(=O)c1ccc(OC[C@H]2CCCO2)cc1)NC(=O)NC1CCCC1. The highest BCUT2D eigenvalue weighted by molar-refractivity contribution is 5.97. The molecule has 3 rings (SSSR count). The van der Waals surface area contributed by atoms with Crippen molar-refractivity contribution in [3.63, 3.8) is 0 Å². The average Bonchev–Trinajstić information content (AvgIpc) is 3.39. The van der Waals surface area contributed by atoms with Gasteiger partial charge in [0.05, 0.1) is 11.7 Å². The summed E-state index contributed by atoms with van der Waals surface area (Å²) in [5, 5.41) is 4.90. The molecule has 3 amide bonds. The number of nitrogens with one attached hydrogen (secondary N) is 2. The van der Waals surface area contributed by atoms with Crippen molar-refractivity contribution in [1.82, 2.24) is 10.6 Å². The van der Waals surface area contributed by atoms with Crippen LogP contribution in [0.3, 0.4) is 0 Å². The minimum Gasteiger partial charge on any atom is -0.491 e. The van der Waals surface area contributed by atoms with E-state index in [1.165, 1.54) is 0 Å². The van der Waals surface area contributed by atoms with E-state index in [1.54, 1.807) is 24.3 Å². The number of benzene rings is 1. The van der Waals surface area contributed by atoms with Gasteiger partial charge in [-0.3, -0.25) is 10.1 Å². The Hall–Kier alpha value is -2.61. The summed E-state index contributed by atoms with van der Waals surface area (Å²) >= 11 is 0. The third-order valence-corrected chi connectivity index (χ3v) is 4.83. The molecule has 0 radical (unpaired) electrons. The van der Waals surface area contributed by atoms with E-state index in [2.05, 4.69) is 10.6 Å². The zero-order valence-electron chi connectivity index (χ0n) is 15.8. The summed E-state index contributed by atoms with van der Waals surface area (Å²) in [6.45, 7) is 0.732. The third kappa shape index (κ3) is 6.23. The van der Waals surface area contributed by atoms with Crippen LogP contribution >= 0.6 is 0 Å². The van der Waals surface area contributed by atoms with Gasteiger partial charge in [0.25, 0.3) is 5.91 Å². The van der Waals surface area contributed by atoms with Crippen molar-refractivity contribution >= 4 is 17.9 Å². The lowest BCUT2D eigenvalue weighted by Gasteiger charge is -2.12. The van der Waals surface area contributed by atoms with Crippen LogP contribution in [0.4, 0.5) is 4.79 Å². The molecule has 8 nitrogen and oxygen atoms in total. The number of hydrogen-bond donors (Lipinski definition) is 2. The summed E-state index contributed by atoms with van der Waals surface area (Å²) in [4.78, 5) is 35.5. The smallest absolute Gasteiger partial charge is 0.338 e. The van der Waals surface area contributed by atoms with E-state index in [-0.39, 0.29) is 12.1 Å². The van der Waals surface area contributed by atoms with Gasteiger partial charge in [-0.2, -0.15) is 0 Å². The van der Waals surface area contributed by atoms with Gasteiger partial charge in [0, 0.05) is 12.6 Å². The molecule has 1 aromatic carbocycles. The van der Waals surface area contributed by atoms with Gasteiger partial charge in [0.1, 0.15) is 12.4 Å². The number of hydrogen-bond acceptors (Lipinski definition) is 6. The predicted molar refractivity (Wildman–Crippen MR) is 100 cm³/mol. The van der Waals surface area contributed by atoms with Crippen molar-refractivity contribution < 1.29 is 28.6 Å². The molecule has 0 aromatic heterocycles. The number of amides is 3. The maximum atomic E-state index is 12.0. The molecule has 1 atom stereocenters. The number of carbonyl (C=O) groups excluding carboxylic acids is 3. The Morgan fingerprint density at radius 2 is 1.79 bits per heavy atom. The van der Waals surface area contributed by atoms with Crippen LogP contribution in [0.5, 0.6) is 5.75 Å². The molecule has 0 bridgehead atoms. The van der Waals surface area contributed by atoms with E-state index in [0.717, 1.165) is 45.1 Å². The second kappa shape index (κ2) is 10.1.